The molecule has 0 saturated carbocycles. The number of carbonyl (C=O) groups excluding carboxylic acids is 1. The second kappa shape index (κ2) is 4.55. The lowest BCUT2D eigenvalue weighted by Crippen LogP contribution is -2.28. The number of fused-ring (bicyclic) bond motifs is 1. The smallest absolute Gasteiger partial charge is 0.251 e. The van der Waals surface area contributed by atoms with Gasteiger partial charge in [-0.3, -0.25) is 4.79 Å². The highest BCUT2D eigenvalue weighted by atomic mass is 79.9. The minimum Gasteiger partial charge on any atom is -0.370 e. The Morgan fingerprint density at radius 3 is 2.61 bits per heavy atom. The molecule has 2 fully saturated rings. The normalized spacial score (nSPS) is 26.4. The third-order valence-corrected chi connectivity index (χ3v) is 4.63. The Kier molecular flexibility index (Phi) is 3.03. The van der Waals surface area contributed by atoms with Crippen molar-refractivity contribution in [2.24, 2.45) is 17.6 Å². The fraction of sp³-hybridized carbons (Fsp3) is 0.462. The van der Waals surface area contributed by atoms with E-state index in [0.717, 1.165) is 36.3 Å². The second-order valence-electron chi connectivity index (χ2n) is 5.08. The van der Waals surface area contributed by atoms with Crippen molar-refractivity contribution in [3.05, 3.63) is 28.2 Å². The summed E-state index contributed by atoms with van der Waals surface area (Å²) in [4.78, 5) is 13.9. The molecule has 3 N–H and O–H groups in total. The molecule has 3 rings (SSSR count). The average Bonchev–Trinajstić information content (AvgIpc) is 2.87. The van der Waals surface area contributed by atoms with E-state index in [1.165, 1.54) is 0 Å². The Hall–Kier alpha value is -1.07. The maximum atomic E-state index is 11.6. The van der Waals surface area contributed by atoms with Gasteiger partial charge in [0.05, 0.1) is 11.3 Å². The summed E-state index contributed by atoms with van der Waals surface area (Å²) in [6.07, 6.45) is 0. The number of hydrogen-bond acceptors (Lipinski definition) is 3. The standard InChI is InChI=1S/C13H16BrN3O/c14-10-2-1-3-11(12(10)13(15)18)17-6-8-4-16-5-9(8)7-17/h1-3,8-9,16H,4-7H2,(H2,15,18)/t8-,9+. The molecule has 0 radical (unpaired) electrons. The van der Waals surface area contributed by atoms with Crippen LogP contribution in [0.2, 0.25) is 0 Å². The topological polar surface area (TPSA) is 58.4 Å². The summed E-state index contributed by atoms with van der Waals surface area (Å²) in [6, 6.07) is 5.81. The minimum absolute atomic E-state index is 0.368. The van der Waals surface area contributed by atoms with Crippen molar-refractivity contribution in [2.75, 3.05) is 31.1 Å². The molecule has 0 spiro atoms. The number of nitrogens with one attached hydrogen (secondary N) is 1. The van der Waals surface area contributed by atoms with E-state index in [4.69, 9.17) is 5.73 Å². The monoisotopic (exact) mass is 309 g/mol. The highest BCUT2D eigenvalue weighted by Crippen LogP contribution is 2.34. The van der Waals surface area contributed by atoms with Crippen molar-refractivity contribution in [3.8, 4) is 0 Å². The Labute approximate surface area is 115 Å². The number of hydrogen-bond donors (Lipinski definition) is 2. The lowest BCUT2D eigenvalue weighted by Gasteiger charge is -2.22. The van der Waals surface area contributed by atoms with Crippen LogP contribution in [0, 0.1) is 11.8 Å². The van der Waals surface area contributed by atoms with E-state index in [9.17, 15) is 4.79 Å². The number of amides is 1. The van der Waals surface area contributed by atoms with Gasteiger partial charge in [0, 0.05) is 30.7 Å². The Morgan fingerprint density at radius 2 is 2.00 bits per heavy atom. The van der Waals surface area contributed by atoms with Gasteiger partial charge < -0.3 is 16.0 Å². The van der Waals surface area contributed by atoms with Crippen LogP contribution in [-0.4, -0.2) is 32.1 Å². The highest BCUT2D eigenvalue weighted by molar-refractivity contribution is 9.10. The number of nitrogens with two attached hydrogens (primary N) is 1. The summed E-state index contributed by atoms with van der Waals surface area (Å²) in [5.41, 5.74) is 7.06. The molecule has 4 nitrogen and oxygen atoms in total. The van der Waals surface area contributed by atoms with Crippen molar-refractivity contribution in [2.45, 2.75) is 0 Å². The summed E-state index contributed by atoms with van der Waals surface area (Å²) in [6.45, 7) is 4.19. The second-order valence-corrected chi connectivity index (χ2v) is 5.94. The zero-order valence-corrected chi connectivity index (χ0v) is 11.6. The Bertz CT molecular complexity index is 479. The molecular weight excluding hydrogens is 294 g/mol. The number of anilines is 1. The van der Waals surface area contributed by atoms with Gasteiger partial charge in [-0.05, 0) is 39.9 Å². The van der Waals surface area contributed by atoms with Crippen LogP contribution in [0.15, 0.2) is 22.7 Å². The summed E-state index contributed by atoms with van der Waals surface area (Å²) < 4.78 is 0.780. The first-order chi connectivity index (χ1) is 8.66. The molecule has 2 aliphatic rings. The molecule has 0 bridgehead atoms. The van der Waals surface area contributed by atoms with Crippen molar-refractivity contribution < 1.29 is 4.79 Å². The third kappa shape index (κ3) is 1.91. The third-order valence-electron chi connectivity index (χ3n) is 3.97. The van der Waals surface area contributed by atoms with Crippen LogP contribution >= 0.6 is 15.9 Å². The van der Waals surface area contributed by atoms with Gasteiger partial charge in [0.25, 0.3) is 5.91 Å². The number of halogens is 1. The maximum absolute atomic E-state index is 11.6. The summed E-state index contributed by atoms with van der Waals surface area (Å²) >= 11 is 3.42. The first-order valence-corrected chi connectivity index (χ1v) is 7.00. The number of nitrogens with zero attached hydrogens (tertiary/aromatic N) is 1. The predicted molar refractivity (Wildman–Crippen MR) is 74.7 cm³/mol. The molecule has 2 heterocycles. The summed E-state index contributed by atoms with van der Waals surface area (Å²) in [5, 5.41) is 3.42. The average molecular weight is 310 g/mol. The van der Waals surface area contributed by atoms with Gasteiger partial charge in [-0.25, -0.2) is 0 Å². The van der Waals surface area contributed by atoms with Crippen molar-refractivity contribution in [1.82, 2.24) is 5.32 Å². The first-order valence-electron chi connectivity index (χ1n) is 6.21. The van der Waals surface area contributed by atoms with Crippen LogP contribution in [0.1, 0.15) is 10.4 Å². The summed E-state index contributed by atoms with van der Waals surface area (Å²) in [7, 11) is 0. The predicted octanol–water partition coefficient (Wildman–Crippen LogP) is 1.20. The van der Waals surface area contributed by atoms with Crippen molar-refractivity contribution >= 4 is 27.5 Å². The van der Waals surface area contributed by atoms with Gasteiger partial charge >= 0.3 is 0 Å². The van der Waals surface area contributed by atoms with Gasteiger partial charge in [0.1, 0.15) is 0 Å². The molecule has 0 unspecified atom stereocenters. The Morgan fingerprint density at radius 1 is 1.33 bits per heavy atom. The fourth-order valence-corrected chi connectivity index (χ4v) is 3.62. The zero-order valence-electron chi connectivity index (χ0n) is 10.0. The van der Waals surface area contributed by atoms with Crippen LogP contribution in [0.4, 0.5) is 5.69 Å². The molecule has 1 aromatic carbocycles. The van der Waals surface area contributed by atoms with E-state index >= 15 is 0 Å². The van der Waals surface area contributed by atoms with Crippen LogP contribution in [0.5, 0.6) is 0 Å². The quantitative estimate of drug-likeness (QED) is 0.863. The van der Waals surface area contributed by atoms with E-state index in [1.54, 1.807) is 0 Å². The number of primary amides is 1. The fourth-order valence-electron chi connectivity index (χ4n) is 3.07. The molecule has 0 aliphatic carbocycles. The van der Waals surface area contributed by atoms with E-state index in [1.807, 2.05) is 18.2 Å². The van der Waals surface area contributed by atoms with E-state index in [0.29, 0.717) is 17.4 Å². The van der Waals surface area contributed by atoms with Crippen molar-refractivity contribution in [1.29, 1.82) is 0 Å². The lowest BCUT2D eigenvalue weighted by atomic mass is 10.0. The molecule has 1 aromatic rings. The summed E-state index contributed by atoms with van der Waals surface area (Å²) in [5.74, 6) is 1.03. The van der Waals surface area contributed by atoms with Gasteiger partial charge in [-0.15, -0.1) is 0 Å². The van der Waals surface area contributed by atoms with Gasteiger partial charge in [-0.1, -0.05) is 6.07 Å². The van der Waals surface area contributed by atoms with Crippen molar-refractivity contribution in [3.63, 3.8) is 0 Å². The van der Waals surface area contributed by atoms with Crippen LogP contribution < -0.4 is 16.0 Å². The van der Waals surface area contributed by atoms with E-state index in [-0.39, 0.29) is 5.91 Å². The molecule has 2 saturated heterocycles. The van der Waals surface area contributed by atoms with Gasteiger partial charge in [0.15, 0.2) is 0 Å². The molecular formula is C13H16BrN3O. The molecule has 96 valence electrons. The van der Waals surface area contributed by atoms with E-state index in [2.05, 4.69) is 26.1 Å². The lowest BCUT2D eigenvalue weighted by molar-refractivity contribution is 0.1000. The minimum atomic E-state index is -0.368. The molecule has 2 atom stereocenters. The Balaban J connectivity index is 1.93. The van der Waals surface area contributed by atoms with Crippen LogP contribution in [0.3, 0.4) is 0 Å². The zero-order chi connectivity index (χ0) is 12.7. The van der Waals surface area contributed by atoms with E-state index < -0.39 is 0 Å². The molecule has 2 aliphatic heterocycles. The number of rotatable bonds is 2. The number of benzene rings is 1. The molecule has 5 heteroatoms. The highest BCUT2D eigenvalue weighted by Gasteiger charge is 2.37. The largest absolute Gasteiger partial charge is 0.370 e. The SMILES string of the molecule is NC(=O)c1c(Br)cccc1N1C[C@H]2CNC[C@H]2C1. The molecule has 1 amide bonds. The first kappa shape index (κ1) is 12.0. The molecule has 18 heavy (non-hydrogen) atoms. The number of carbonyl (C=O) groups is 1. The molecule has 0 aromatic heterocycles. The van der Waals surface area contributed by atoms with Crippen LogP contribution in [0.25, 0.3) is 0 Å². The van der Waals surface area contributed by atoms with Gasteiger partial charge in [-0.2, -0.15) is 0 Å². The maximum Gasteiger partial charge on any atom is 0.251 e. The van der Waals surface area contributed by atoms with Crippen LogP contribution in [-0.2, 0) is 0 Å². The van der Waals surface area contributed by atoms with Gasteiger partial charge in [0.2, 0.25) is 0 Å².